The van der Waals surface area contributed by atoms with Crippen LogP contribution >= 0.6 is 11.3 Å². The molecule has 0 aliphatic heterocycles. The summed E-state index contributed by atoms with van der Waals surface area (Å²) in [7, 11) is 0. The average Bonchev–Trinajstić information content (AvgIpc) is 3.18. The third kappa shape index (κ3) is 3.69. The number of thiophene rings is 1. The number of nitro benzene ring substituents is 1. The summed E-state index contributed by atoms with van der Waals surface area (Å²) in [5.74, 6) is 0.894. The van der Waals surface area contributed by atoms with Gasteiger partial charge in [0.2, 0.25) is 0 Å². The number of nitro groups is 1. The van der Waals surface area contributed by atoms with Gasteiger partial charge in [0.05, 0.1) is 9.80 Å². The van der Waals surface area contributed by atoms with Gasteiger partial charge in [-0.3, -0.25) is 10.1 Å². The van der Waals surface area contributed by atoms with Crippen molar-refractivity contribution in [3.63, 3.8) is 0 Å². The fraction of sp³-hybridized carbons (Fsp3) is 0.294. The lowest BCUT2D eigenvalue weighted by atomic mass is 10.2. The number of hydrogen-bond donors (Lipinski definition) is 0. The third-order valence-corrected chi connectivity index (χ3v) is 5.05. The van der Waals surface area contributed by atoms with Gasteiger partial charge in [-0.1, -0.05) is 13.0 Å². The van der Waals surface area contributed by atoms with Gasteiger partial charge in [-0.05, 0) is 43.5 Å². The van der Waals surface area contributed by atoms with Crippen molar-refractivity contribution in [2.24, 2.45) is 0 Å². The highest BCUT2D eigenvalue weighted by atomic mass is 32.1. The molecule has 0 unspecified atom stereocenters. The van der Waals surface area contributed by atoms with Crippen LogP contribution in [0.5, 0.6) is 5.75 Å². The van der Waals surface area contributed by atoms with Crippen molar-refractivity contribution >= 4 is 17.0 Å². The lowest BCUT2D eigenvalue weighted by Crippen LogP contribution is -1.99. The molecule has 1 aromatic carbocycles. The van der Waals surface area contributed by atoms with Crippen LogP contribution in [-0.2, 0) is 13.0 Å². The molecule has 7 nitrogen and oxygen atoms in total. The smallest absolute Gasteiger partial charge is 0.310 e. The number of nitrogens with zero attached hydrogens (tertiary/aromatic N) is 3. The van der Waals surface area contributed by atoms with E-state index >= 15 is 0 Å². The Labute approximate surface area is 148 Å². The summed E-state index contributed by atoms with van der Waals surface area (Å²) in [5, 5.41) is 19.1. The summed E-state index contributed by atoms with van der Waals surface area (Å²) in [6, 6.07) is 6.73. The Morgan fingerprint density at radius 1 is 1.28 bits per heavy atom. The van der Waals surface area contributed by atoms with Crippen LogP contribution in [0, 0.1) is 24.0 Å². The number of aryl methyl sites for hydroxylation is 3. The van der Waals surface area contributed by atoms with E-state index in [2.05, 4.69) is 24.0 Å². The molecule has 0 bridgehead atoms. The number of ether oxygens (including phenoxy) is 1. The number of hydrogen-bond acceptors (Lipinski definition) is 7. The van der Waals surface area contributed by atoms with Gasteiger partial charge >= 0.3 is 5.69 Å². The molecule has 0 radical (unpaired) electrons. The highest BCUT2D eigenvalue weighted by Gasteiger charge is 2.17. The molecule has 0 saturated carbocycles. The zero-order valence-corrected chi connectivity index (χ0v) is 14.9. The fourth-order valence-corrected chi connectivity index (χ4v) is 3.45. The van der Waals surface area contributed by atoms with Gasteiger partial charge in [0.15, 0.2) is 12.4 Å². The number of rotatable bonds is 6. The predicted molar refractivity (Wildman–Crippen MR) is 93.9 cm³/mol. The molecule has 8 heteroatoms. The maximum Gasteiger partial charge on any atom is 0.310 e. The fourth-order valence-electron chi connectivity index (χ4n) is 2.42. The van der Waals surface area contributed by atoms with E-state index in [-0.39, 0.29) is 23.9 Å². The van der Waals surface area contributed by atoms with Crippen LogP contribution in [0.4, 0.5) is 5.69 Å². The van der Waals surface area contributed by atoms with E-state index in [0.29, 0.717) is 5.89 Å². The molecule has 3 rings (SSSR count). The molecule has 0 N–H and O–H groups in total. The summed E-state index contributed by atoms with van der Waals surface area (Å²) in [6.07, 6.45) is 0.956. The van der Waals surface area contributed by atoms with Crippen molar-refractivity contribution in [2.75, 3.05) is 0 Å². The Morgan fingerprint density at radius 3 is 2.76 bits per heavy atom. The first kappa shape index (κ1) is 17.1. The molecule has 0 saturated heterocycles. The molecule has 0 aliphatic carbocycles. The minimum absolute atomic E-state index is 0.0255. The second-order valence-electron chi connectivity index (χ2n) is 5.59. The van der Waals surface area contributed by atoms with E-state index in [1.54, 1.807) is 23.5 Å². The van der Waals surface area contributed by atoms with Crippen molar-refractivity contribution in [2.45, 2.75) is 33.8 Å². The van der Waals surface area contributed by atoms with E-state index < -0.39 is 4.92 Å². The first-order chi connectivity index (χ1) is 12.0. The third-order valence-electron chi connectivity index (χ3n) is 3.68. The van der Waals surface area contributed by atoms with Crippen molar-refractivity contribution in [1.82, 2.24) is 10.2 Å². The summed E-state index contributed by atoms with van der Waals surface area (Å²) >= 11 is 1.62. The Morgan fingerprint density at radius 2 is 2.08 bits per heavy atom. The summed E-state index contributed by atoms with van der Waals surface area (Å²) in [5.41, 5.74) is 1.98. The van der Waals surface area contributed by atoms with Gasteiger partial charge in [-0.2, -0.15) is 0 Å². The molecular formula is C17H17N3O4S. The standard InChI is InChI=1S/C17H17N3O4S/c1-4-14-11(3)8-15(25-14)17-19-18-16(24-17)9-23-13-7-10(2)5-6-12(13)20(21)22/h5-8H,4,9H2,1-3H3. The maximum absolute atomic E-state index is 11.1. The zero-order chi connectivity index (χ0) is 18.0. The molecule has 0 atom stereocenters. The molecular weight excluding hydrogens is 342 g/mol. The highest BCUT2D eigenvalue weighted by molar-refractivity contribution is 7.15. The zero-order valence-electron chi connectivity index (χ0n) is 14.1. The summed E-state index contributed by atoms with van der Waals surface area (Å²) < 4.78 is 11.2. The topological polar surface area (TPSA) is 91.3 Å². The van der Waals surface area contributed by atoms with Crippen molar-refractivity contribution in [3.8, 4) is 16.5 Å². The SMILES string of the molecule is CCc1sc(-c2nnc(COc3cc(C)ccc3[N+](=O)[O-])o2)cc1C. The van der Waals surface area contributed by atoms with Crippen molar-refractivity contribution in [1.29, 1.82) is 0 Å². The average molecular weight is 359 g/mol. The molecule has 0 fully saturated rings. The van der Waals surface area contributed by atoms with E-state index in [0.717, 1.165) is 16.9 Å². The quantitative estimate of drug-likeness (QED) is 0.476. The molecule has 3 aromatic rings. The van der Waals surface area contributed by atoms with Crippen LogP contribution in [0.3, 0.4) is 0 Å². The highest BCUT2D eigenvalue weighted by Crippen LogP contribution is 2.31. The van der Waals surface area contributed by atoms with Gasteiger partial charge in [0.1, 0.15) is 0 Å². The van der Waals surface area contributed by atoms with Gasteiger partial charge in [0, 0.05) is 10.9 Å². The van der Waals surface area contributed by atoms with E-state index in [1.165, 1.54) is 16.5 Å². The minimum Gasteiger partial charge on any atom is -0.477 e. The second-order valence-corrected chi connectivity index (χ2v) is 6.73. The Balaban J connectivity index is 1.76. The van der Waals surface area contributed by atoms with Crippen LogP contribution in [-0.4, -0.2) is 15.1 Å². The molecule has 0 spiro atoms. The molecule has 25 heavy (non-hydrogen) atoms. The second kappa shape index (κ2) is 7.02. The molecule has 0 aliphatic rings. The van der Waals surface area contributed by atoms with E-state index in [1.807, 2.05) is 13.0 Å². The number of benzene rings is 1. The van der Waals surface area contributed by atoms with Gasteiger partial charge in [0.25, 0.3) is 11.8 Å². The predicted octanol–water partition coefficient (Wildman–Crippen LogP) is 4.46. The van der Waals surface area contributed by atoms with Crippen molar-refractivity contribution in [3.05, 3.63) is 56.3 Å². The summed E-state index contributed by atoms with van der Waals surface area (Å²) in [4.78, 5) is 12.8. The van der Waals surface area contributed by atoms with Crippen LogP contribution in [0.15, 0.2) is 28.7 Å². The van der Waals surface area contributed by atoms with Crippen LogP contribution < -0.4 is 4.74 Å². The van der Waals surface area contributed by atoms with Gasteiger partial charge in [-0.15, -0.1) is 21.5 Å². The Kier molecular flexibility index (Phi) is 4.80. The molecule has 2 heterocycles. The van der Waals surface area contributed by atoms with Crippen LogP contribution in [0.2, 0.25) is 0 Å². The maximum atomic E-state index is 11.1. The van der Waals surface area contributed by atoms with Gasteiger partial charge < -0.3 is 9.15 Å². The molecule has 130 valence electrons. The van der Waals surface area contributed by atoms with E-state index in [9.17, 15) is 10.1 Å². The van der Waals surface area contributed by atoms with E-state index in [4.69, 9.17) is 9.15 Å². The lowest BCUT2D eigenvalue weighted by Gasteiger charge is -2.05. The first-order valence-electron chi connectivity index (χ1n) is 7.77. The minimum atomic E-state index is -0.477. The lowest BCUT2D eigenvalue weighted by molar-refractivity contribution is -0.386. The van der Waals surface area contributed by atoms with Gasteiger partial charge in [-0.25, -0.2) is 0 Å². The monoisotopic (exact) mass is 359 g/mol. The first-order valence-corrected chi connectivity index (χ1v) is 8.59. The number of aromatic nitrogens is 2. The van der Waals surface area contributed by atoms with Crippen molar-refractivity contribution < 1.29 is 14.1 Å². The normalized spacial score (nSPS) is 10.8. The Bertz CT molecular complexity index is 917. The molecule has 0 amide bonds. The largest absolute Gasteiger partial charge is 0.477 e. The molecule has 2 aromatic heterocycles. The summed E-state index contributed by atoms with van der Waals surface area (Å²) in [6.45, 7) is 5.97. The van der Waals surface area contributed by atoms with Crippen LogP contribution in [0.25, 0.3) is 10.8 Å². The van der Waals surface area contributed by atoms with Crippen LogP contribution in [0.1, 0.15) is 28.8 Å². The Hall–Kier alpha value is -2.74.